The fourth-order valence-corrected chi connectivity index (χ4v) is 7.74. The minimum absolute atomic E-state index is 0.0816. The second-order valence-electron chi connectivity index (χ2n) is 16.4. The number of hydrogen-bond acceptors (Lipinski definition) is 10. The molecule has 2 aliphatic heterocycles. The van der Waals surface area contributed by atoms with Crippen molar-refractivity contribution in [2.24, 2.45) is 17.3 Å². The van der Waals surface area contributed by atoms with Crippen LogP contribution in [0.2, 0.25) is 5.02 Å². The molecule has 0 saturated carbocycles. The smallest absolute Gasteiger partial charge is 0.453 e. The number of amides is 4. The normalized spacial score (nSPS) is 17.5. The van der Waals surface area contributed by atoms with Crippen LogP contribution in [0.5, 0.6) is 5.75 Å². The molecule has 15 nitrogen and oxygen atoms in total. The number of aromatic nitrogens is 3. The van der Waals surface area contributed by atoms with Gasteiger partial charge in [0, 0.05) is 49.4 Å². The van der Waals surface area contributed by atoms with E-state index in [4.69, 9.17) is 21.1 Å². The maximum atomic E-state index is 14.1. The summed E-state index contributed by atoms with van der Waals surface area (Å²) < 4.78 is 56.0. The summed E-state index contributed by atoms with van der Waals surface area (Å²) in [7, 11) is 1.25. The first-order chi connectivity index (χ1) is 29.4. The van der Waals surface area contributed by atoms with E-state index in [2.05, 4.69) is 41.0 Å². The van der Waals surface area contributed by atoms with Gasteiger partial charge in [0.05, 0.1) is 41.9 Å². The number of nitrogens with one attached hydrogen (secondary N) is 5. The Morgan fingerprint density at radius 3 is 2.34 bits per heavy atom. The number of benzene rings is 2. The summed E-state index contributed by atoms with van der Waals surface area (Å²) in [6, 6.07) is 10.7. The maximum absolute atomic E-state index is 14.1. The van der Waals surface area contributed by atoms with Crippen molar-refractivity contribution in [1.29, 1.82) is 0 Å². The van der Waals surface area contributed by atoms with Crippen molar-refractivity contribution in [3.8, 4) is 28.1 Å². The van der Waals surface area contributed by atoms with E-state index in [1.54, 1.807) is 47.5 Å². The van der Waals surface area contributed by atoms with Crippen LogP contribution in [0.4, 0.5) is 29.5 Å². The van der Waals surface area contributed by atoms with Gasteiger partial charge in [-0.2, -0.15) is 0 Å². The summed E-state index contributed by atoms with van der Waals surface area (Å²) >= 11 is 6.60. The topological polar surface area (TPSA) is 189 Å². The number of likely N-dealkylation sites (tertiary alicyclic amines) is 1. The average Bonchev–Trinajstić information content (AvgIpc) is 3.88. The second-order valence-corrected chi connectivity index (χ2v) is 16.8. The van der Waals surface area contributed by atoms with Gasteiger partial charge >= 0.3 is 12.5 Å². The SMILES string of the molecule is COC(=O)NC(C(=O)N1CC(C)CC1c1ncc(-c2ccc(-c3c(Cl)cc(C(=O)Nc4ccc(NCCNC(=O)C(C)(C)C)nc4)cc3OC(F)(F)F)cc2)[nH]1)C1CCOCC1. The van der Waals surface area contributed by atoms with Crippen molar-refractivity contribution in [2.75, 3.05) is 50.6 Å². The Labute approximate surface area is 361 Å². The molecule has 19 heteroatoms. The van der Waals surface area contributed by atoms with Crippen molar-refractivity contribution in [2.45, 2.75) is 65.4 Å². The maximum Gasteiger partial charge on any atom is 0.573 e. The zero-order valence-electron chi connectivity index (χ0n) is 35.0. The number of ether oxygens (including phenoxy) is 3. The van der Waals surface area contributed by atoms with Crippen molar-refractivity contribution >= 4 is 46.9 Å². The molecule has 62 heavy (non-hydrogen) atoms. The Balaban J connectivity index is 1.16. The number of aromatic amines is 1. The van der Waals surface area contributed by atoms with Crippen LogP contribution in [0.3, 0.4) is 0 Å². The molecule has 0 spiro atoms. The monoisotopic (exact) mass is 882 g/mol. The van der Waals surface area contributed by atoms with Crippen LogP contribution in [0.15, 0.2) is 60.9 Å². The molecule has 2 aromatic heterocycles. The Hall–Kier alpha value is -5.88. The number of nitrogens with zero attached hydrogens (tertiary/aromatic N) is 3. The lowest BCUT2D eigenvalue weighted by Crippen LogP contribution is -2.53. The first-order valence-electron chi connectivity index (χ1n) is 20.2. The summed E-state index contributed by atoms with van der Waals surface area (Å²) in [6.45, 7) is 9.68. The number of carbonyl (C=O) groups excluding carboxylic acids is 4. The number of rotatable bonds is 13. The Kier molecular flexibility index (Phi) is 14.3. The number of methoxy groups -OCH3 is 1. The third-order valence-electron chi connectivity index (χ3n) is 10.6. The van der Waals surface area contributed by atoms with Gasteiger partial charge in [-0.15, -0.1) is 13.2 Å². The summed E-state index contributed by atoms with van der Waals surface area (Å²) in [5.41, 5.74) is 1.02. The molecule has 6 rings (SSSR count). The summed E-state index contributed by atoms with van der Waals surface area (Å²) in [5, 5.41) is 11.1. The highest BCUT2D eigenvalue weighted by molar-refractivity contribution is 6.34. The molecule has 2 aromatic carbocycles. The number of imidazole rings is 1. The Bertz CT molecular complexity index is 2230. The van der Waals surface area contributed by atoms with Crippen molar-refractivity contribution in [3.63, 3.8) is 0 Å². The zero-order valence-corrected chi connectivity index (χ0v) is 35.7. The number of halogens is 4. The molecule has 2 aliphatic rings. The van der Waals surface area contributed by atoms with Gasteiger partial charge in [0.15, 0.2) is 0 Å². The lowest BCUT2D eigenvalue weighted by molar-refractivity contribution is -0.274. The van der Waals surface area contributed by atoms with Gasteiger partial charge < -0.3 is 45.4 Å². The molecule has 4 heterocycles. The lowest BCUT2D eigenvalue weighted by Gasteiger charge is -2.34. The molecule has 4 amide bonds. The van der Waals surface area contributed by atoms with Crippen LogP contribution in [0, 0.1) is 17.3 Å². The van der Waals surface area contributed by atoms with E-state index >= 15 is 0 Å². The van der Waals surface area contributed by atoms with Crippen molar-refractivity contribution in [1.82, 2.24) is 30.5 Å². The van der Waals surface area contributed by atoms with Gasteiger partial charge in [0.2, 0.25) is 11.8 Å². The van der Waals surface area contributed by atoms with Gasteiger partial charge in [-0.3, -0.25) is 14.4 Å². The number of alkyl carbamates (subject to hydrolysis) is 1. The highest BCUT2D eigenvalue weighted by Gasteiger charge is 2.42. The van der Waals surface area contributed by atoms with Gasteiger partial charge in [-0.25, -0.2) is 14.8 Å². The van der Waals surface area contributed by atoms with Crippen LogP contribution < -0.4 is 26.0 Å². The molecular formula is C43H50ClF3N8O7. The molecule has 4 aromatic rings. The van der Waals surface area contributed by atoms with Crippen LogP contribution in [-0.2, 0) is 19.1 Å². The molecule has 3 atom stereocenters. The first-order valence-corrected chi connectivity index (χ1v) is 20.5. The van der Waals surface area contributed by atoms with Gasteiger partial charge in [0.25, 0.3) is 5.91 Å². The van der Waals surface area contributed by atoms with Gasteiger partial charge in [-0.05, 0) is 66.5 Å². The molecular weight excluding hydrogens is 833 g/mol. The van der Waals surface area contributed by atoms with E-state index in [1.165, 1.54) is 19.4 Å². The highest BCUT2D eigenvalue weighted by atomic mass is 35.5. The number of carbonyl (C=O) groups is 4. The Morgan fingerprint density at radius 2 is 1.69 bits per heavy atom. The summed E-state index contributed by atoms with van der Waals surface area (Å²) in [4.78, 5) is 65.6. The fourth-order valence-electron chi connectivity index (χ4n) is 7.42. The van der Waals surface area contributed by atoms with Crippen LogP contribution in [0.25, 0.3) is 22.4 Å². The number of pyridine rings is 1. The van der Waals surface area contributed by atoms with Crippen molar-refractivity contribution < 1.29 is 46.6 Å². The molecule has 2 fully saturated rings. The number of hydrogen-bond donors (Lipinski definition) is 5. The molecule has 3 unspecified atom stereocenters. The zero-order chi connectivity index (χ0) is 44.8. The fraction of sp³-hybridized carbons (Fsp3) is 0.442. The van der Waals surface area contributed by atoms with Crippen LogP contribution in [-0.4, -0.2) is 96.0 Å². The minimum atomic E-state index is -5.10. The number of H-pyrrole nitrogens is 1. The largest absolute Gasteiger partial charge is 0.573 e. The van der Waals surface area contributed by atoms with E-state index in [1.807, 2.05) is 27.7 Å². The predicted molar refractivity (Wildman–Crippen MR) is 225 cm³/mol. The van der Waals surface area contributed by atoms with E-state index in [0.717, 1.165) is 6.07 Å². The molecule has 2 saturated heterocycles. The Morgan fingerprint density at radius 1 is 0.984 bits per heavy atom. The summed E-state index contributed by atoms with van der Waals surface area (Å²) in [6.07, 6.45) is -0.948. The molecule has 0 bridgehead atoms. The first kappa shape index (κ1) is 45.6. The van der Waals surface area contributed by atoms with Gasteiger partial charge in [0.1, 0.15) is 23.4 Å². The van der Waals surface area contributed by atoms with Crippen LogP contribution in [0.1, 0.15) is 69.2 Å². The average molecular weight is 883 g/mol. The second kappa shape index (κ2) is 19.4. The molecule has 0 radical (unpaired) electrons. The van der Waals surface area contributed by atoms with E-state index in [0.29, 0.717) is 75.0 Å². The van der Waals surface area contributed by atoms with Crippen molar-refractivity contribution in [3.05, 3.63) is 77.3 Å². The molecule has 5 N–H and O–H groups in total. The molecule has 0 aliphatic carbocycles. The quantitative estimate of drug-likeness (QED) is 0.0838. The third kappa shape index (κ3) is 11.5. The van der Waals surface area contributed by atoms with E-state index in [9.17, 15) is 32.3 Å². The van der Waals surface area contributed by atoms with Crippen LogP contribution >= 0.6 is 11.6 Å². The highest BCUT2D eigenvalue weighted by Crippen LogP contribution is 2.42. The predicted octanol–water partition coefficient (Wildman–Crippen LogP) is 7.58. The third-order valence-corrected chi connectivity index (χ3v) is 10.9. The van der Waals surface area contributed by atoms with E-state index in [-0.39, 0.29) is 51.1 Å². The van der Waals surface area contributed by atoms with Gasteiger partial charge in [-0.1, -0.05) is 63.6 Å². The lowest BCUT2D eigenvalue weighted by atomic mass is 9.90. The standard InChI is InChI=1S/C43H50ClF3N8O7/c1-24-18-32(55(23-24)39(57)36(54-41(59)60-5)27-12-16-61-17-13-27)37-51-22-31(53-37)25-6-8-26(9-7-25)35-30(44)19-28(20-33(35)62-43(45,46)47)38(56)52-29-10-11-34(50-21-29)48-14-15-49-40(58)42(2,3)4/h6-11,19-22,24,27,32,36H,12-18,23H2,1-5H3,(H,48,50)(H,49,58)(H,51,53)(H,52,56)(H,54,59). The molecule has 332 valence electrons. The minimum Gasteiger partial charge on any atom is -0.453 e. The summed E-state index contributed by atoms with van der Waals surface area (Å²) in [5.74, 6) is -0.697. The van der Waals surface area contributed by atoms with E-state index < -0.39 is 41.6 Å². The number of alkyl halides is 3. The number of anilines is 2.